The summed E-state index contributed by atoms with van der Waals surface area (Å²) in [5.74, 6) is 0.353. The van der Waals surface area contributed by atoms with Crippen LogP contribution in [0, 0.1) is 11.3 Å². The average molecular weight is 253 g/mol. The number of likely N-dealkylation sites (tertiary alicyclic amines) is 1. The number of carbonyl (C=O) groups is 2. The van der Waals surface area contributed by atoms with Crippen molar-refractivity contribution in [1.82, 2.24) is 15.5 Å². The van der Waals surface area contributed by atoms with E-state index >= 15 is 0 Å². The molecule has 0 saturated carbocycles. The van der Waals surface area contributed by atoms with Gasteiger partial charge in [-0.25, -0.2) is 0 Å². The van der Waals surface area contributed by atoms with Crippen molar-refractivity contribution in [2.45, 2.75) is 32.7 Å². The van der Waals surface area contributed by atoms with Gasteiger partial charge in [-0.1, -0.05) is 13.8 Å². The molecule has 0 radical (unpaired) electrons. The van der Waals surface area contributed by atoms with Crippen LogP contribution in [0.5, 0.6) is 0 Å². The highest BCUT2D eigenvalue weighted by Crippen LogP contribution is 2.34. The largest absolute Gasteiger partial charge is 0.344 e. The number of hydrogen-bond acceptors (Lipinski definition) is 3. The van der Waals surface area contributed by atoms with E-state index in [9.17, 15) is 9.59 Å². The van der Waals surface area contributed by atoms with Gasteiger partial charge in [-0.15, -0.1) is 0 Å². The van der Waals surface area contributed by atoms with Crippen LogP contribution in [0.3, 0.4) is 0 Å². The highest BCUT2D eigenvalue weighted by molar-refractivity contribution is 5.91. The summed E-state index contributed by atoms with van der Waals surface area (Å²) in [4.78, 5) is 26.0. The number of rotatable bonds is 3. The molecule has 2 fully saturated rings. The molecule has 5 nitrogen and oxygen atoms in total. The Bertz CT molecular complexity index is 348. The predicted octanol–water partition coefficient (Wildman–Crippen LogP) is -0.0310. The molecule has 0 aliphatic carbocycles. The fourth-order valence-corrected chi connectivity index (χ4v) is 2.92. The smallest absolute Gasteiger partial charge is 0.244 e. The van der Waals surface area contributed by atoms with E-state index in [-0.39, 0.29) is 29.2 Å². The standard InChI is InChI=1S/C13H23N3O2/c1-9(2)13(5-6-14-8-13)12(18)15-10-4-7-16(3)11(10)17/h9-10,14H,4-8H2,1-3H3,(H,15,18). The fraction of sp³-hybridized carbons (Fsp3) is 0.846. The molecule has 18 heavy (non-hydrogen) atoms. The molecule has 0 aromatic carbocycles. The number of nitrogens with one attached hydrogen (secondary N) is 2. The quantitative estimate of drug-likeness (QED) is 0.742. The summed E-state index contributed by atoms with van der Waals surface area (Å²) < 4.78 is 0. The fourth-order valence-electron chi connectivity index (χ4n) is 2.92. The van der Waals surface area contributed by atoms with Crippen LogP contribution in [0.1, 0.15) is 26.7 Å². The van der Waals surface area contributed by atoms with E-state index in [0.29, 0.717) is 6.54 Å². The van der Waals surface area contributed by atoms with Gasteiger partial charge < -0.3 is 15.5 Å². The van der Waals surface area contributed by atoms with E-state index in [4.69, 9.17) is 0 Å². The van der Waals surface area contributed by atoms with Gasteiger partial charge in [-0.2, -0.15) is 0 Å². The maximum atomic E-state index is 12.5. The van der Waals surface area contributed by atoms with E-state index in [1.165, 1.54) is 0 Å². The van der Waals surface area contributed by atoms with Crippen LogP contribution in [0.15, 0.2) is 0 Å². The molecule has 2 heterocycles. The Morgan fingerprint density at radius 2 is 2.28 bits per heavy atom. The molecular weight excluding hydrogens is 230 g/mol. The summed E-state index contributed by atoms with van der Waals surface area (Å²) in [6, 6.07) is -0.321. The van der Waals surface area contributed by atoms with Crippen molar-refractivity contribution in [2.75, 3.05) is 26.7 Å². The normalized spacial score (nSPS) is 32.3. The summed E-state index contributed by atoms with van der Waals surface area (Å²) in [5, 5.41) is 6.22. The lowest BCUT2D eigenvalue weighted by Crippen LogP contribution is -2.51. The maximum absolute atomic E-state index is 12.5. The van der Waals surface area contributed by atoms with Crippen molar-refractivity contribution in [3.05, 3.63) is 0 Å². The Morgan fingerprint density at radius 3 is 2.72 bits per heavy atom. The first-order chi connectivity index (χ1) is 8.47. The third-order valence-electron chi connectivity index (χ3n) is 4.48. The van der Waals surface area contributed by atoms with Crippen molar-refractivity contribution in [1.29, 1.82) is 0 Å². The zero-order valence-corrected chi connectivity index (χ0v) is 11.5. The second-order valence-electron chi connectivity index (χ2n) is 5.81. The van der Waals surface area contributed by atoms with Crippen LogP contribution in [0.4, 0.5) is 0 Å². The number of likely N-dealkylation sites (N-methyl/N-ethyl adjacent to an activating group) is 1. The van der Waals surface area contributed by atoms with Gasteiger partial charge in [-0.05, 0) is 25.3 Å². The minimum absolute atomic E-state index is 0.0354. The van der Waals surface area contributed by atoms with Crippen LogP contribution in [0.2, 0.25) is 0 Å². The van der Waals surface area contributed by atoms with E-state index in [1.54, 1.807) is 11.9 Å². The van der Waals surface area contributed by atoms with Gasteiger partial charge in [0.25, 0.3) is 0 Å². The topological polar surface area (TPSA) is 61.4 Å². The van der Waals surface area contributed by atoms with E-state index in [0.717, 1.165) is 25.9 Å². The molecule has 2 rings (SSSR count). The molecule has 2 amide bonds. The molecule has 2 aliphatic heterocycles. The first kappa shape index (κ1) is 13.3. The van der Waals surface area contributed by atoms with Gasteiger partial charge in [0.15, 0.2) is 0 Å². The molecule has 2 atom stereocenters. The van der Waals surface area contributed by atoms with E-state index in [1.807, 2.05) is 0 Å². The monoisotopic (exact) mass is 253 g/mol. The van der Waals surface area contributed by atoms with Crippen LogP contribution in [-0.4, -0.2) is 49.4 Å². The maximum Gasteiger partial charge on any atom is 0.244 e. The van der Waals surface area contributed by atoms with E-state index < -0.39 is 0 Å². The van der Waals surface area contributed by atoms with Crippen molar-refractivity contribution < 1.29 is 9.59 Å². The molecule has 0 aromatic heterocycles. The molecule has 102 valence electrons. The molecule has 5 heteroatoms. The summed E-state index contributed by atoms with van der Waals surface area (Å²) >= 11 is 0. The van der Waals surface area contributed by atoms with Crippen molar-refractivity contribution in [2.24, 2.45) is 11.3 Å². The molecule has 0 spiro atoms. The van der Waals surface area contributed by atoms with Crippen LogP contribution in [-0.2, 0) is 9.59 Å². The van der Waals surface area contributed by atoms with Crippen LogP contribution < -0.4 is 10.6 Å². The highest BCUT2D eigenvalue weighted by atomic mass is 16.2. The Labute approximate surface area is 108 Å². The Hall–Kier alpha value is -1.10. The lowest BCUT2D eigenvalue weighted by Gasteiger charge is -2.32. The summed E-state index contributed by atoms with van der Waals surface area (Å²) in [5.41, 5.74) is -0.346. The van der Waals surface area contributed by atoms with Gasteiger partial charge in [0.1, 0.15) is 6.04 Å². The Balaban J connectivity index is 2.05. The summed E-state index contributed by atoms with van der Waals surface area (Å²) in [7, 11) is 1.78. The van der Waals surface area contributed by atoms with Gasteiger partial charge in [0.05, 0.1) is 5.41 Å². The molecule has 0 aromatic rings. The number of carbonyl (C=O) groups excluding carboxylic acids is 2. The molecule has 2 N–H and O–H groups in total. The second kappa shape index (κ2) is 4.88. The van der Waals surface area contributed by atoms with Gasteiger partial charge in [0.2, 0.25) is 11.8 Å². The zero-order chi connectivity index (χ0) is 13.3. The highest BCUT2D eigenvalue weighted by Gasteiger charge is 2.45. The number of hydrogen-bond donors (Lipinski definition) is 2. The van der Waals surface area contributed by atoms with E-state index in [2.05, 4.69) is 24.5 Å². The lowest BCUT2D eigenvalue weighted by atomic mass is 9.75. The van der Waals surface area contributed by atoms with Crippen molar-refractivity contribution >= 4 is 11.8 Å². The first-order valence-electron chi connectivity index (χ1n) is 6.74. The Morgan fingerprint density at radius 1 is 1.56 bits per heavy atom. The molecule has 2 unspecified atom stereocenters. The van der Waals surface area contributed by atoms with Gasteiger partial charge in [0, 0.05) is 20.1 Å². The Kier molecular flexibility index (Phi) is 3.61. The number of nitrogens with zero attached hydrogens (tertiary/aromatic N) is 1. The summed E-state index contributed by atoms with van der Waals surface area (Å²) in [6.45, 7) is 6.48. The second-order valence-corrected chi connectivity index (χ2v) is 5.81. The third-order valence-corrected chi connectivity index (χ3v) is 4.48. The first-order valence-corrected chi connectivity index (χ1v) is 6.74. The van der Waals surface area contributed by atoms with Crippen LogP contribution in [0.25, 0.3) is 0 Å². The molecule has 0 bridgehead atoms. The molecular formula is C13H23N3O2. The third kappa shape index (κ3) is 2.11. The minimum Gasteiger partial charge on any atom is -0.344 e. The lowest BCUT2D eigenvalue weighted by molar-refractivity contribution is -0.137. The predicted molar refractivity (Wildman–Crippen MR) is 68.9 cm³/mol. The SMILES string of the molecule is CC(C)C1(C(=O)NC2CCN(C)C2=O)CCNC1. The molecule has 2 aliphatic rings. The summed E-state index contributed by atoms with van der Waals surface area (Å²) in [6.07, 6.45) is 1.58. The van der Waals surface area contributed by atoms with Gasteiger partial charge in [-0.3, -0.25) is 9.59 Å². The average Bonchev–Trinajstić information content (AvgIpc) is 2.92. The zero-order valence-electron chi connectivity index (χ0n) is 11.5. The van der Waals surface area contributed by atoms with Gasteiger partial charge >= 0.3 is 0 Å². The van der Waals surface area contributed by atoms with Crippen molar-refractivity contribution in [3.8, 4) is 0 Å². The molecule has 2 saturated heterocycles. The number of amides is 2. The minimum atomic E-state index is -0.346. The van der Waals surface area contributed by atoms with Crippen LogP contribution >= 0.6 is 0 Å². The van der Waals surface area contributed by atoms with Crippen molar-refractivity contribution in [3.63, 3.8) is 0 Å².